The number of rotatable bonds is 3. The first-order valence-electron chi connectivity index (χ1n) is 5.77. The van der Waals surface area contributed by atoms with Crippen LogP contribution >= 0.6 is 12.2 Å². The number of benzene rings is 1. The van der Waals surface area contributed by atoms with Crippen molar-refractivity contribution >= 4 is 12.2 Å². The van der Waals surface area contributed by atoms with E-state index < -0.39 is 23.1 Å². The number of H-pyrrole nitrogens is 1. The van der Waals surface area contributed by atoms with E-state index in [0.717, 1.165) is 12.1 Å². The molecular formula is C13H10F4N2OS. The van der Waals surface area contributed by atoms with Crippen LogP contribution in [0.5, 0.6) is 0 Å². The number of hydrogen-bond acceptors (Lipinski definition) is 3. The lowest BCUT2D eigenvalue weighted by molar-refractivity contribution is -0.137. The zero-order valence-corrected chi connectivity index (χ0v) is 11.6. The van der Waals surface area contributed by atoms with E-state index in [2.05, 4.69) is 9.97 Å². The van der Waals surface area contributed by atoms with Crippen LogP contribution < -0.4 is 0 Å². The van der Waals surface area contributed by atoms with Crippen LogP contribution in [0.3, 0.4) is 0 Å². The predicted octanol–water partition coefficient (Wildman–Crippen LogP) is 4.11. The number of aromatic nitrogens is 2. The van der Waals surface area contributed by atoms with Crippen molar-refractivity contribution in [2.45, 2.75) is 12.8 Å². The van der Waals surface area contributed by atoms with E-state index in [1.807, 2.05) is 0 Å². The quantitative estimate of drug-likeness (QED) is 0.683. The van der Waals surface area contributed by atoms with Gasteiger partial charge in [0.25, 0.3) is 0 Å². The average Bonchev–Trinajstić information content (AvgIpc) is 2.36. The largest absolute Gasteiger partial charge is 0.417 e. The number of halogens is 4. The van der Waals surface area contributed by atoms with E-state index in [-0.39, 0.29) is 17.1 Å². The minimum Gasteiger partial charge on any atom is -0.378 e. The first-order chi connectivity index (χ1) is 9.81. The fourth-order valence-corrected chi connectivity index (χ4v) is 2.06. The van der Waals surface area contributed by atoms with Gasteiger partial charge in [0.05, 0.1) is 12.2 Å². The number of methoxy groups -OCH3 is 1. The average molecular weight is 318 g/mol. The SMILES string of the molecule is COCc1cc(=S)nc(-c2cc(F)ccc2C(F)(F)F)[nH]1. The molecule has 0 amide bonds. The van der Waals surface area contributed by atoms with E-state index in [0.29, 0.717) is 11.8 Å². The second kappa shape index (κ2) is 5.90. The molecule has 0 bridgehead atoms. The van der Waals surface area contributed by atoms with Crippen LogP contribution in [0.25, 0.3) is 11.4 Å². The number of aromatic amines is 1. The van der Waals surface area contributed by atoms with Gasteiger partial charge in [0, 0.05) is 18.4 Å². The van der Waals surface area contributed by atoms with Crippen molar-refractivity contribution in [3.63, 3.8) is 0 Å². The highest BCUT2D eigenvalue weighted by molar-refractivity contribution is 7.71. The van der Waals surface area contributed by atoms with Gasteiger partial charge in [-0.1, -0.05) is 12.2 Å². The van der Waals surface area contributed by atoms with Gasteiger partial charge < -0.3 is 9.72 Å². The maximum Gasteiger partial charge on any atom is 0.417 e. The van der Waals surface area contributed by atoms with Crippen molar-refractivity contribution in [1.29, 1.82) is 0 Å². The molecule has 1 aromatic carbocycles. The fraction of sp³-hybridized carbons (Fsp3) is 0.231. The Labute approximate surface area is 122 Å². The maximum atomic E-state index is 13.3. The molecule has 2 rings (SSSR count). The monoisotopic (exact) mass is 318 g/mol. The Bertz CT molecular complexity index is 712. The Hall–Kier alpha value is -1.80. The summed E-state index contributed by atoms with van der Waals surface area (Å²) in [5.74, 6) is -0.947. The Morgan fingerprint density at radius 3 is 2.62 bits per heavy atom. The number of alkyl halides is 3. The van der Waals surface area contributed by atoms with Crippen LogP contribution in [0.1, 0.15) is 11.3 Å². The molecule has 0 unspecified atom stereocenters. The molecule has 1 heterocycles. The molecule has 0 aliphatic heterocycles. The number of ether oxygens (including phenoxy) is 1. The first kappa shape index (κ1) is 15.6. The van der Waals surface area contributed by atoms with E-state index >= 15 is 0 Å². The second-order valence-corrected chi connectivity index (χ2v) is 4.63. The number of nitrogens with zero attached hydrogens (tertiary/aromatic N) is 1. The van der Waals surface area contributed by atoms with Gasteiger partial charge in [-0.25, -0.2) is 9.37 Å². The molecule has 112 valence electrons. The van der Waals surface area contributed by atoms with Crippen LogP contribution in [0.15, 0.2) is 24.3 Å². The Kier molecular flexibility index (Phi) is 4.38. The summed E-state index contributed by atoms with van der Waals surface area (Å²) >= 11 is 4.91. The Morgan fingerprint density at radius 2 is 2.00 bits per heavy atom. The molecule has 3 nitrogen and oxygen atoms in total. The molecule has 21 heavy (non-hydrogen) atoms. The van der Waals surface area contributed by atoms with E-state index in [9.17, 15) is 17.6 Å². The third-order valence-corrected chi connectivity index (χ3v) is 2.85. The lowest BCUT2D eigenvalue weighted by Crippen LogP contribution is -2.09. The van der Waals surface area contributed by atoms with Crippen LogP contribution in [-0.4, -0.2) is 17.1 Å². The van der Waals surface area contributed by atoms with Crippen molar-refractivity contribution in [1.82, 2.24) is 9.97 Å². The van der Waals surface area contributed by atoms with E-state index in [1.54, 1.807) is 0 Å². The van der Waals surface area contributed by atoms with Crippen molar-refractivity contribution in [3.05, 3.63) is 46.0 Å². The lowest BCUT2D eigenvalue weighted by Gasteiger charge is -2.13. The second-order valence-electron chi connectivity index (χ2n) is 4.21. The first-order valence-corrected chi connectivity index (χ1v) is 6.18. The third-order valence-electron chi connectivity index (χ3n) is 2.64. The van der Waals surface area contributed by atoms with Gasteiger partial charge in [-0.3, -0.25) is 0 Å². The molecule has 0 spiro atoms. The van der Waals surface area contributed by atoms with Crippen molar-refractivity contribution in [2.24, 2.45) is 0 Å². The lowest BCUT2D eigenvalue weighted by atomic mass is 10.1. The number of hydrogen-bond donors (Lipinski definition) is 1. The molecule has 0 saturated heterocycles. The summed E-state index contributed by atoms with van der Waals surface area (Å²) < 4.78 is 57.3. The van der Waals surface area contributed by atoms with Crippen LogP contribution in [0, 0.1) is 10.5 Å². The molecule has 8 heteroatoms. The van der Waals surface area contributed by atoms with Gasteiger partial charge in [0.15, 0.2) is 0 Å². The molecule has 1 N–H and O–H groups in total. The molecule has 0 aliphatic carbocycles. The van der Waals surface area contributed by atoms with Crippen molar-refractivity contribution in [2.75, 3.05) is 7.11 Å². The Morgan fingerprint density at radius 1 is 1.29 bits per heavy atom. The highest BCUT2D eigenvalue weighted by atomic mass is 32.1. The standard InChI is InChI=1S/C13H10F4N2OS/c1-20-6-8-5-11(21)19-12(18-8)9-4-7(14)2-3-10(9)13(15,16)17/h2-5H,6H2,1H3,(H,18,19,21). The summed E-state index contributed by atoms with van der Waals surface area (Å²) in [4.78, 5) is 6.51. The maximum absolute atomic E-state index is 13.3. The summed E-state index contributed by atoms with van der Waals surface area (Å²) in [7, 11) is 1.43. The van der Waals surface area contributed by atoms with Gasteiger partial charge in [0.1, 0.15) is 16.3 Å². The molecule has 1 aromatic heterocycles. The van der Waals surface area contributed by atoms with E-state index in [4.69, 9.17) is 17.0 Å². The van der Waals surface area contributed by atoms with Gasteiger partial charge in [0.2, 0.25) is 0 Å². The van der Waals surface area contributed by atoms with Crippen molar-refractivity contribution in [3.8, 4) is 11.4 Å². The molecular weight excluding hydrogens is 308 g/mol. The third kappa shape index (κ3) is 3.64. The molecule has 0 atom stereocenters. The Balaban J connectivity index is 2.66. The van der Waals surface area contributed by atoms with Gasteiger partial charge >= 0.3 is 6.18 Å². The summed E-state index contributed by atoms with van der Waals surface area (Å²) in [5.41, 5.74) is -0.937. The molecule has 2 aromatic rings. The van der Waals surface area contributed by atoms with Gasteiger partial charge in [-0.15, -0.1) is 0 Å². The summed E-state index contributed by atoms with van der Waals surface area (Å²) in [6, 6.07) is 3.66. The van der Waals surface area contributed by atoms with Crippen molar-refractivity contribution < 1.29 is 22.3 Å². The molecule has 0 aliphatic rings. The minimum absolute atomic E-state index is 0.0909. The predicted molar refractivity (Wildman–Crippen MR) is 70.5 cm³/mol. The smallest absolute Gasteiger partial charge is 0.378 e. The molecule has 0 saturated carbocycles. The molecule has 0 fully saturated rings. The number of nitrogens with one attached hydrogen (secondary N) is 1. The zero-order valence-electron chi connectivity index (χ0n) is 10.8. The normalized spacial score (nSPS) is 11.7. The molecule has 0 radical (unpaired) electrons. The summed E-state index contributed by atoms with van der Waals surface area (Å²) in [6.07, 6.45) is -4.63. The fourth-order valence-electron chi connectivity index (χ4n) is 1.83. The van der Waals surface area contributed by atoms with Crippen LogP contribution in [-0.2, 0) is 17.5 Å². The highest BCUT2D eigenvalue weighted by Gasteiger charge is 2.34. The van der Waals surface area contributed by atoms with Gasteiger partial charge in [-0.05, 0) is 24.3 Å². The van der Waals surface area contributed by atoms with Crippen LogP contribution in [0.2, 0.25) is 0 Å². The van der Waals surface area contributed by atoms with E-state index in [1.165, 1.54) is 13.2 Å². The minimum atomic E-state index is -4.63. The summed E-state index contributed by atoms with van der Waals surface area (Å²) in [5, 5.41) is 0. The van der Waals surface area contributed by atoms with Crippen LogP contribution in [0.4, 0.5) is 17.6 Å². The summed E-state index contributed by atoms with van der Waals surface area (Å²) in [6.45, 7) is 0.121. The zero-order chi connectivity index (χ0) is 15.6. The highest BCUT2D eigenvalue weighted by Crippen LogP contribution is 2.36. The topological polar surface area (TPSA) is 37.9 Å². The van der Waals surface area contributed by atoms with Gasteiger partial charge in [-0.2, -0.15) is 13.2 Å².